The number of hydrogen-bond acceptors (Lipinski definition) is 4. The minimum atomic E-state index is -0.514. The van der Waals surface area contributed by atoms with Gasteiger partial charge in [0.1, 0.15) is 17.1 Å². The summed E-state index contributed by atoms with van der Waals surface area (Å²) in [5.74, 6) is 1.60. The lowest BCUT2D eigenvalue weighted by molar-refractivity contribution is 0.0524. The first-order chi connectivity index (χ1) is 11.4. The maximum Gasteiger partial charge on any atom is 0.407 e. The van der Waals surface area contributed by atoms with Gasteiger partial charge in [-0.05, 0) is 51.0 Å². The van der Waals surface area contributed by atoms with Gasteiger partial charge < -0.3 is 14.8 Å². The summed E-state index contributed by atoms with van der Waals surface area (Å²) in [6.07, 6.45) is 2.08. The number of benzene rings is 1. The summed E-state index contributed by atoms with van der Waals surface area (Å²) < 4.78 is 11.3. The molecule has 0 aliphatic carbocycles. The molecule has 1 unspecified atom stereocenters. The number of ether oxygens (including phenoxy) is 2. The van der Waals surface area contributed by atoms with E-state index < -0.39 is 11.7 Å². The number of carbonyl (C=O) groups excluding carboxylic acids is 1. The summed E-state index contributed by atoms with van der Waals surface area (Å²) >= 11 is 0. The van der Waals surface area contributed by atoms with Crippen molar-refractivity contribution in [1.29, 1.82) is 0 Å². The third-order valence-electron chi connectivity index (χ3n) is 3.74. The topological polar surface area (TPSA) is 60.5 Å². The monoisotopic (exact) mass is 326 g/mol. The van der Waals surface area contributed by atoms with E-state index in [-0.39, 0.29) is 5.92 Å². The van der Waals surface area contributed by atoms with Crippen molar-refractivity contribution in [3.63, 3.8) is 0 Å². The molecule has 1 aliphatic heterocycles. The Morgan fingerprint density at radius 1 is 1.25 bits per heavy atom. The molecular formula is C19H22N2O3. The van der Waals surface area contributed by atoms with Crippen LogP contribution in [0, 0.1) is 0 Å². The molecule has 126 valence electrons. The molecule has 1 N–H and O–H groups in total. The standard InChI is InChI=1S/C19H22N2O3/c1-19(2,3)24-18(22)21-12-14-11-13-7-4-5-8-15(13)23-16-9-6-10-20-17(14)16/h4-10,14H,11-12H2,1-3H3,(H,21,22). The van der Waals surface area contributed by atoms with Crippen molar-refractivity contribution in [2.45, 2.75) is 38.7 Å². The predicted molar refractivity (Wildman–Crippen MR) is 91.4 cm³/mol. The molecule has 1 aromatic heterocycles. The van der Waals surface area contributed by atoms with Crippen LogP contribution in [-0.2, 0) is 11.2 Å². The molecule has 2 heterocycles. The Labute approximate surface area is 142 Å². The highest BCUT2D eigenvalue weighted by Crippen LogP contribution is 2.37. The number of fused-ring (bicyclic) bond motifs is 2. The van der Waals surface area contributed by atoms with E-state index in [4.69, 9.17) is 9.47 Å². The van der Waals surface area contributed by atoms with Crippen LogP contribution in [0.2, 0.25) is 0 Å². The highest BCUT2D eigenvalue weighted by Gasteiger charge is 2.25. The van der Waals surface area contributed by atoms with Crippen molar-refractivity contribution in [3.8, 4) is 11.5 Å². The first kappa shape index (κ1) is 16.3. The zero-order chi connectivity index (χ0) is 17.2. The number of pyridine rings is 1. The Kier molecular flexibility index (Phi) is 4.42. The van der Waals surface area contributed by atoms with Gasteiger partial charge in [-0.25, -0.2) is 4.79 Å². The van der Waals surface area contributed by atoms with Crippen molar-refractivity contribution in [2.75, 3.05) is 6.54 Å². The average molecular weight is 326 g/mol. The Morgan fingerprint density at radius 2 is 2.00 bits per heavy atom. The maximum absolute atomic E-state index is 12.0. The fourth-order valence-electron chi connectivity index (χ4n) is 2.74. The normalized spacial score (nSPS) is 16.2. The number of amides is 1. The minimum absolute atomic E-state index is 0.0253. The van der Waals surface area contributed by atoms with E-state index in [0.717, 1.165) is 29.2 Å². The smallest absolute Gasteiger partial charge is 0.407 e. The lowest BCUT2D eigenvalue weighted by Gasteiger charge is -2.21. The van der Waals surface area contributed by atoms with Gasteiger partial charge in [-0.1, -0.05) is 18.2 Å². The van der Waals surface area contributed by atoms with Gasteiger partial charge in [-0.2, -0.15) is 0 Å². The molecule has 0 saturated heterocycles. The van der Waals surface area contributed by atoms with Gasteiger partial charge in [-0.3, -0.25) is 4.98 Å². The Balaban J connectivity index is 1.80. The van der Waals surface area contributed by atoms with Crippen LogP contribution < -0.4 is 10.1 Å². The molecule has 0 bridgehead atoms. The molecular weight excluding hydrogens is 304 g/mol. The predicted octanol–water partition coefficient (Wildman–Crippen LogP) is 4.04. The molecule has 0 fully saturated rings. The highest BCUT2D eigenvalue weighted by atomic mass is 16.6. The first-order valence-electron chi connectivity index (χ1n) is 8.10. The molecule has 1 amide bonds. The van der Waals surface area contributed by atoms with Crippen LogP contribution >= 0.6 is 0 Å². The number of carbonyl (C=O) groups is 1. The number of hydrogen-bond donors (Lipinski definition) is 1. The van der Waals surface area contributed by atoms with Crippen LogP contribution in [0.15, 0.2) is 42.6 Å². The van der Waals surface area contributed by atoms with Gasteiger partial charge >= 0.3 is 6.09 Å². The summed E-state index contributed by atoms with van der Waals surface area (Å²) in [7, 11) is 0. The molecule has 1 atom stereocenters. The number of nitrogens with one attached hydrogen (secondary N) is 1. The molecule has 3 rings (SSSR count). The van der Waals surface area contributed by atoms with Crippen LogP contribution in [0.1, 0.15) is 37.9 Å². The van der Waals surface area contributed by atoms with Crippen molar-refractivity contribution in [2.24, 2.45) is 0 Å². The van der Waals surface area contributed by atoms with Gasteiger partial charge in [0.25, 0.3) is 0 Å². The van der Waals surface area contributed by atoms with Gasteiger partial charge in [0.2, 0.25) is 0 Å². The minimum Gasteiger partial charge on any atom is -0.455 e. The van der Waals surface area contributed by atoms with Crippen LogP contribution in [0.5, 0.6) is 11.5 Å². The zero-order valence-corrected chi connectivity index (χ0v) is 14.2. The summed E-state index contributed by atoms with van der Waals surface area (Å²) in [6, 6.07) is 11.7. The van der Waals surface area contributed by atoms with Crippen LogP contribution in [0.4, 0.5) is 4.79 Å². The second-order valence-electron chi connectivity index (χ2n) is 6.88. The number of rotatable bonds is 2. The highest BCUT2D eigenvalue weighted by molar-refractivity contribution is 5.67. The summed E-state index contributed by atoms with van der Waals surface area (Å²) in [5, 5.41) is 2.85. The number of nitrogens with zero attached hydrogens (tertiary/aromatic N) is 1. The number of alkyl carbamates (subject to hydrolysis) is 1. The Morgan fingerprint density at radius 3 is 2.79 bits per heavy atom. The first-order valence-corrected chi connectivity index (χ1v) is 8.10. The van der Waals surface area contributed by atoms with Gasteiger partial charge in [0, 0.05) is 18.7 Å². The molecule has 2 aromatic rings. The van der Waals surface area contributed by atoms with Crippen LogP contribution in [0.3, 0.4) is 0 Å². The lowest BCUT2D eigenvalue weighted by atomic mass is 9.95. The van der Waals surface area contributed by atoms with Gasteiger partial charge in [0.05, 0.1) is 5.69 Å². The Hall–Kier alpha value is -2.56. The molecule has 0 saturated carbocycles. The molecule has 5 heteroatoms. The summed E-state index contributed by atoms with van der Waals surface area (Å²) in [5.41, 5.74) is 1.44. The molecule has 24 heavy (non-hydrogen) atoms. The van der Waals surface area contributed by atoms with Gasteiger partial charge in [-0.15, -0.1) is 0 Å². The quantitative estimate of drug-likeness (QED) is 0.905. The zero-order valence-electron chi connectivity index (χ0n) is 14.2. The Bertz CT molecular complexity index is 737. The lowest BCUT2D eigenvalue weighted by Crippen LogP contribution is -2.35. The van der Waals surface area contributed by atoms with Crippen molar-refractivity contribution >= 4 is 6.09 Å². The number of aromatic nitrogens is 1. The number of para-hydroxylation sites is 1. The van der Waals surface area contributed by atoms with Crippen LogP contribution in [0.25, 0.3) is 0 Å². The van der Waals surface area contributed by atoms with E-state index in [9.17, 15) is 4.79 Å². The van der Waals surface area contributed by atoms with Crippen molar-refractivity contribution in [3.05, 3.63) is 53.9 Å². The third kappa shape index (κ3) is 3.85. The molecule has 0 spiro atoms. The largest absolute Gasteiger partial charge is 0.455 e. The van der Waals surface area contributed by atoms with E-state index in [2.05, 4.69) is 10.3 Å². The van der Waals surface area contributed by atoms with E-state index in [1.807, 2.05) is 57.2 Å². The van der Waals surface area contributed by atoms with Gasteiger partial charge in [0.15, 0.2) is 0 Å². The SMILES string of the molecule is CC(C)(C)OC(=O)NCC1Cc2ccccc2Oc2cccnc21. The van der Waals surface area contributed by atoms with Crippen LogP contribution in [-0.4, -0.2) is 23.2 Å². The third-order valence-corrected chi connectivity index (χ3v) is 3.74. The second-order valence-corrected chi connectivity index (χ2v) is 6.88. The maximum atomic E-state index is 12.0. The van der Waals surface area contributed by atoms with E-state index in [1.54, 1.807) is 6.20 Å². The van der Waals surface area contributed by atoms with E-state index >= 15 is 0 Å². The van der Waals surface area contributed by atoms with Crippen molar-refractivity contribution in [1.82, 2.24) is 10.3 Å². The summed E-state index contributed by atoms with van der Waals surface area (Å²) in [6.45, 7) is 5.98. The fourth-order valence-corrected chi connectivity index (χ4v) is 2.74. The second kappa shape index (κ2) is 6.51. The van der Waals surface area contributed by atoms with Crippen molar-refractivity contribution < 1.29 is 14.3 Å². The molecule has 0 radical (unpaired) electrons. The molecule has 1 aromatic carbocycles. The van der Waals surface area contributed by atoms with E-state index in [1.165, 1.54) is 0 Å². The van der Waals surface area contributed by atoms with E-state index in [0.29, 0.717) is 6.54 Å². The molecule has 1 aliphatic rings. The fraction of sp³-hybridized carbons (Fsp3) is 0.368. The summed E-state index contributed by atoms with van der Waals surface area (Å²) in [4.78, 5) is 16.4. The average Bonchev–Trinajstić information content (AvgIpc) is 2.67. The molecule has 5 nitrogen and oxygen atoms in total.